The highest BCUT2D eigenvalue weighted by atomic mass is 31.2. The Morgan fingerprint density at radius 1 is 0.360 bits per heavy atom. The maximum Gasteiger partial charge on any atom is 0.200 e. The molecule has 0 fully saturated rings. The molecule has 1 nitrogen and oxygen atoms in total. The molecular formula is C27H6BF20NP-. The average Bonchev–Trinajstić information content (AvgIpc) is 3.36. The molecule has 4 aromatic carbocycles. The molecule has 268 valence electrons. The van der Waals surface area contributed by atoms with E-state index in [1.807, 2.05) is 0 Å². The van der Waals surface area contributed by atoms with Gasteiger partial charge in [-0.15, -0.1) is 17.2 Å². The van der Waals surface area contributed by atoms with Crippen molar-refractivity contribution >= 4 is 34.9 Å². The standard InChI is InChI=1S/C27H6BF20NP/c1-3-2-28(4-6(29)10(33)14(37)11(34)7(4)30,5-8(31)12(35)15(38)13(36)9(5)32)49-50(3,26-22(45)18(41)16(39)19(42)23(26)46)27-24(47)20(43)17(40)21(44)25(27)48/h3H,2H2,1H3/q-1/t3-/m1/s1. The summed E-state index contributed by atoms with van der Waals surface area (Å²) >= 11 is 0. The molecule has 0 amide bonds. The van der Waals surface area contributed by atoms with Crippen LogP contribution in [0.1, 0.15) is 6.92 Å². The summed E-state index contributed by atoms with van der Waals surface area (Å²) in [7, 11) is -6.54. The molecule has 0 radical (unpaired) electrons. The predicted molar refractivity (Wildman–Crippen MR) is 133 cm³/mol. The van der Waals surface area contributed by atoms with Gasteiger partial charge in [-0.2, -0.15) is 0 Å². The fourth-order valence-electron chi connectivity index (χ4n) is 6.15. The molecular weight excluding hydrogens is 760 g/mol. The van der Waals surface area contributed by atoms with Crippen molar-refractivity contribution in [2.75, 3.05) is 0 Å². The Balaban J connectivity index is 2.26. The van der Waals surface area contributed by atoms with Gasteiger partial charge < -0.3 is 4.66 Å². The van der Waals surface area contributed by atoms with Gasteiger partial charge in [0, 0.05) is 0 Å². The zero-order valence-electron chi connectivity index (χ0n) is 23.3. The molecule has 0 saturated heterocycles. The first-order chi connectivity index (χ1) is 23.0. The minimum Gasteiger partial charge on any atom is -0.494 e. The quantitative estimate of drug-likeness (QED) is 0.0662. The lowest BCUT2D eigenvalue weighted by Gasteiger charge is -2.37. The van der Waals surface area contributed by atoms with Crippen molar-refractivity contribution in [3.05, 3.63) is 116 Å². The summed E-state index contributed by atoms with van der Waals surface area (Å²) in [6, 6.07) is 0. The Kier molecular flexibility index (Phi) is 8.84. The minimum absolute atomic E-state index is 0.245. The third kappa shape index (κ3) is 4.54. The van der Waals surface area contributed by atoms with E-state index in [0.717, 1.165) is 0 Å². The molecule has 4 aromatic rings. The lowest BCUT2D eigenvalue weighted by atomic mass is 9.26. The van der Waals surface area contributed by atoms with Gasteiger partial charge in [0.05, 0.1) is 10.6 Å². The Morgan fingerprint density at radius 3 is 0.800 bits per heavy atom. The number of hydrogen-bond acceptors (Lipinski definition) is 1. The Morgan fingerprint density at radius 2 is 0.560 bits per heavy atom. The van der Waals surface area contributed by atoms with Gasteiger partial charge in [-0.3, -0.25) is 0 Å². The van der Waals surface area contributed by atoms with E-state index < -0.39 is 163 Å². The van der Waals surface area contributed by atoms with Crippen LogP contribution in [0.4, 0.5) is 87.8 Å². The van der Waals surface area contributed by atoms with Gasteiger partial charge in [0.15, 0.2) is 87.7 Å². The molecule has 1 aliphatic heterocycles. The second kappa shape index (κ2) is 11.9. The second-order valence-electron chi connectivity index (χ2n) is 10.7. The van der Waals surface area contributed by atoms with Gasteiger partial charge in [-0.1, -0.05) is 6.92 Å². The normalized spacial score (nSPS) is 16.7. The summed E-state index contributed by atoms with van der Waals surface area (Å²) in [6.45, 7) is 0.245. The lowest BCUT2D eigenvalue weighted by molar-refractivity contribution is 0.381. The van der Waals surface area contributed by atoms with E-state index in [9.17, 15) is 52.7 Å². The van der Waals surface area contributed by atoms with Crippen molar-refractivity contribution < 1.29 is 87.8 Å². The molecule has 5 rings (SSSR count). The van der Waals surface area contributed by atoms with E-state index in [1.165, 1.54) is 0 Å². The van der Waals surface area contributed by atoms with Crippen molar-refractivity contribution in [1.82, 2.24) is 0 Å². The van der Waals surface area contributed by atoms with Crippen LogP contribution >= 0.6 is 7.05 Å². The number of halogens is 20. The number of nitrogens with zero attached hydrogens (tertiary/aromatic N) is 1. The van der Waals surface area contributed by atoms with E-state index >= 15 is 35.1 Å². The van der Waals surface area contributed by atoms with E-state index in [0.29, 0.717) is 0 Å². The predicted octanol–water partition coefficient (Wildman–Crippen LogP) is 7.78. The van der Waals surface area contributed by atoms with E-state index in [-0.39, 0.29) is 6.92 Å². The van der Waals surface area contributed by atoms with Crippen molar-refractivity contribution in [2.24, 2.45) is 4.66 Å². The second-order valence-corrected chi connectivity index (χ2v) is 14.1. The highest BCUT2D eigenvalue weighted by molar-refractivity contribution is 7.83. The van der Waals surface area contributed by atoms with Crippen LogP contribution in [0.3, 0.4) is 0 Å². The topological polar surface area (TPSA) is 12.4 Å². The zero-order valence-corrected chi connectivity index (χ0v) is 24.2. The number of hydrogen-bond donors (Lipinski definition) is 0. The number of benzene rings is 4. The van der Waals surface area contributed by atoms with Crippen LogP contribution in [0.5, 0.6) is 0 Å². The molecule has 0 saturated carbocycles. The summed E-state index contributed by atoms with van der Waals surface area (Å²) in [4.78, 5) is 0. The average molecular weight is 766 g/mol. The van der Waals surface area contributed by atoms with Gasteiger partial charge in [0.1, 0.15) is 23.3 Å². The van der Waals surface area contributed by atoms with E-state index in [1.54, 1.807) is 0 Å². The van der Waals surface area contributed by atoms with Crippen LogP contribution in [0.2, 0.25) is 6.32 Å². The van der Waals surface area contributed by atoms with Gasteiger partial charge >= 0.3 is 0 Å². The van der Waals surface area contributed by atoms with E-state index in [4.69, 9.17) is 0 Å². The van der Waals surface area contributed by atoms with E-state index in [2.05, 4.69) is 4.66 Å². The van der Waals surface area contributed by atoms with Gasteiger partial charge in [-0.25, -0.2) is 87.8 Å². The van der Waals surface area contributed by atoms with Crippen molar-refractivity contribution in [3.8, 4) is 0 Å². The van der Waals surface area contributed by atoms with Crippen LogP contribution < -0.4 is 21.5 Å². The Labute approximate surface area is 263 Å². The van der Waals surface area contributed by atoms with Crippen molar-refractivity contribution in [1.29, 1.82) is 0 Å². The fourth-order valence-corrected chi connectivity index (χ4v) is 10.9. The molecule has 0 aromatic heterocycles. The summed E-state index contributed by atoms with van der Waals surface area (Å²) in [5.74, 6) is -62.8. The molecule has 50 heavy (non-hydrogen) atoms. The maximum absolute atomic E-state index is 15.6. The molecule has 0 bridgehead atoms. The van der Waals surface area contributed by atoms with Crippen LogP contribution in [-0.4, -0.2) is 11.9 Å². The molecule has 0 aliphatic carbocycles. The SMILES string of the molecule is C[C@@H]1C[B-](c2c(F)c(F)c(F)c(F)c2F)(c2c(F)c(F)c(F)c(F)c2F)N=P1(c1c(F)c(F)c(F)c(F)c1F)c1c(F)c(F)c(F)c(F)c1F. The minimum atomic E-state index is -6.54. The molecule has 0 unspecified atom stereocenters. The van der Waals surface area contributed by atoms with Gasteiger partial charge in [0.2, 0.25) is 11.6 Å². The first-order valence-corrected chi connectivity index (χ1v) is 14.7. The highest BCUT2D eigenvalue weighted by Crippen LogP contribution is 2.63. The van der Waals surface area contributed by atoms with Crippen LogP contribution in [-0.2, 0) is 0 Å². The molecule has 1 atom stereocenters. The van der Waals surface area contributed by atoms with Crippen LogP contribution in [0.25, 0.3) is 0 Å². The smallest absolute Gasteiger partial charge is 0.200 e. The van der Waals surface area contributed by atoms with Crippen LogP contribution in [0, 0.1) is 116 Å². The maximum atomic E-state index is 15.6. The zero-order chi connectivity index (χ0) is 37.8. The Hall–Kier alpha value is -4.23. The third-order valence-electron chi connectivity index (χ3n) is 8.20. The Bertz CT molecular complexity index is 2000. The lowest BCUT2D eigenvalue weighted by Crippen LogP contribution is -2.62. The van der Waals surface area contributed by atoms with Crippen LogP contribution in [0.15, 0.2) is 4.66 Å². The number of rotatable bonds is 4. The summed E-state index contributed by atoms with van der Waals surface area (Å²) in [5.41, 5.74) is -8.33. The monoisotopic (exact) mass is 766 g/mol. The summed E-state index contributed by atoms with van der Waals surface area (Å²) < 4.78 is 300. The fraction of sp³-hybridized carbons (Fsp3) is 0.111. The van der Waals surface area contributed by atoms with Crippen molar-refractivity contribution in [2.45, 2.75) is 18.9 Å². The van der Waals surface area contributed by atoms with Crippen molar-refractivity contribution in [3.63, 3.8) is 0 Å². The molecule has 1 aliphatic rings. The van der Waals surface area contributed by atoms with Gasteiger partial charge in [-0.05, 0) is 12.7 Å². The first-order valence-electron chi connectivity index (χ1n) is 12.9. The first kappa shape index (κ1) is 37.0. The highest BCUT2D eigenvalue weighted by Gasteiger charge is 2.54. The molecule has 1 heterocycles. The largest absolute Gasteiger partial charge is 0.494 e. The van der Waals surface area contributed by atoms with Gasteiger partial charge in [0.25, 0.3) is 0 Å². The third-order valence-corrected chi connectivity index (χ3v) is 12.6. The molecule has 0 N–H and O–H groups in total. The molecule has 0 spiro atoms. The summed E-state index contributed by atoms with van der Waals surface area (Å²) in [5, 5.41) is -5.41. The molecule has 23 heteroatoms. The summed E-state index contributed by atoms with van der Waals surface area (Å²) in [6.07, 6.45) is -7.82.